The molecule has 2 bridgehead atoms. The smallest absolute Gasteiger partial charge is 0.229 e. The van der Waals surface area contributed by atoms with E-state index in [9.17, 15) is 9.50 Å². The summed E-state index contributed by atoms with van der Waals surface area (Å²) in [6.07, 6.45) is 5.30. The van der Waals surface area contributed by atoms with E-state index >= 15 is 0 Å². The zero-order valence-corrected chi connectivity index (χ0v) is 14.8. The molecule has 0 aliphatic carbocycles. The lowest BCUT2D eigenvalue weighted by Crippen LogP contribution is -2.51. The monoisotopic (exact) mass is 371 g/mol. The molecule has 0 spiro atoms. The van der Waals surface area contributed by atoms with Crippen molar-refractivity contribution in [1.29, 1.82) is 0 Å². The molecule has 3 aliphatic heterocycles. The van der Waals surface area contributed by atoms with Gasteiger partial charge >= 0.3 is 0 Å². The van der Waals surface area contributed by atoms with E-state index in [2.05, 4.69) is 30.5 Å². The van der Waals surface area contributed by atoms with E-state index in [0.717, 1.165) is 18.9 Å². The van der Waals surface area contributed by atoms with E-state index in [4.69, 9.17) is 0 Å². The van der Waals surface area contributed by atoms with Crippen LogP contribution in [0.2, 0.25) is 0 Å². The van der Waals surface area contributed by atoms with Crippen LogP contribution in [0.25, 0.3) is 0 Å². The molecule has 3 N–H and O–H groups in total. The number of pyridine rings is 1. The Hall–Kier alpha value is -2.52. The molecule has 2 aromatic heterocycles. The van der Waals surface area contributed by atoms with Crippen LogP contribution in [-0.2, 0) is 0 Å². The number of aliphatic hydroxyl groups is 1. The first-order valence-electron chi connectivity index (χ1n) is 9.34. The maximum Gasteiger partial charge on any atom is 0.229 e. The van der Waals surface area contributed by atoms with Gasteiger partial charge < -0.3 is 25.5 Å². The van der Waals surface area contributed by atoms with Gasteiger partial charge in [0.05, 0.1) is 18.0 Å². The average molecular weight is 371 g/mol. The van der Waals surface area contributed by atoms with Gasteiger partial charge in [-0.05, 0) is 18.9 Å². The fourth-order valence-corrected chi connectivity index (χ4v) is 4.06. The highest BCUT2D eigenvalue weighted by Crippen LogP contribution is 2.26. The van der Waals surface area contributed by atoms with Crippen LogP contribution in [0.3, 0.4) is 0 Å². The van der Waals surface area contributed by atoms with E-state index in [1.165, 1.54) is 18.9 Å². The number of aromatic nitrogens is 3. The summed E-state index contributed by atoms with van der Waals surface area (Å²) in [6.45, 7) is 2.71. The topological polar surface area (TPSA) is 89.4 Å². The fraction of sp³-hybridized carbons (Fsp3) is 0.500. The molecule has 5 heterocycles. The second-order valence-corrected chi connectivity index (χ2v) is 7.49. The highest BCUT2D eigenvalue weighted by atomic mass is 19.1. The van der Waals surface area contributed by atoms with E-state index < -0.39 is 11.9 Å². The third kappa shape index (κ3) is 3.28. The van der Waals surface area contributed by atoms with Gasteiger partial charge in [0.1, 0.15) is 5.82 Å². The molecule has 0 saturated carbocycles. The van der Waals surface area contributed by atoms with Crippen LogP contribution in [0, 0.1) is 5.82 Å². The van der Waals surface area contributed by atoms with Crippen LogP contribution in [-0.4, -0.2) is 64.4 Å². The van der Waals surface area contributed by atoms with Gasteiger partial charge in [-0.25, -0.2) is 14.4 Å². The van der Waals surface area contributed by atoms with Gasteiger partial charge in [-0.3, -0.25) is 0 Å². The zero-order valence-electron chi connectivity index (χ0n) is 14.8. The van der Waals surface area contributed by atoms with Gasteiger partial charge in [-0.2, -0.15) is 4.98 Å². The molecule has 0 radical (unpaired) electrons. The van der Waals surface area contributed by atoms with Gasteiger partial charge in [0, 0.05) is 50.5 Å². The largest absolute Gasteiger partial charge is 0.389 e. The molecular formula is C18H22FN7O. The standard InChI is InChI=1S/C18H22FN7O/c19-15-5-13(6-21-17(15)26-9-14(27)10-26)23-18-20-4-3-16(24-18)25-7-11-1-2-12(8-25)22-11/h3-6,11-12,14,22,27H,1-2,7-10H2,(H,20,23,24)/t11-,12?/m0/s1. The molecule has 5 rings (SSSR count). The van der Waals surface area contributed by atoms with Crippen LogP contribution in [0.4, 0.5) is 27.7 Å². The Balaban J connectivity index is 1.30. The van der Waals surface area contributed by atoms with Gasteiger partial charge in [-0.15, -0.1) is 0 Å². The number of aliphatic hydroxyl groups excluding tert-OH is 1. The molecule has 3 fully saturated rings. The van der Waals surface area contributed by atoms with Crippen molar-refractivity contribution in [2.24, 2.45) is 0 Å². The number of fused-ring (bicyclic) bond motifs is 2. The van der Waals surface area contributed by atoms with Crippen LogP contribution >= 0.6 is 0 Å². The highest BCUT2D eigenvalue weighted by molar-refractivity contribution is 5.57. The minimum Gasteiger partial charge on any atom is -0.389 e. The Morgan fingerprint density at radius 2 is 1.89 bits per heavy atom. The van der Waals surface area contributed by atoms with Crippen molar-refractivity contribution in [3.05, 3.63) is 30.3 Å². The Bertz CT molecular complexity index is 832. The number of β-amino-alcohol motifs (C(OH)–C–C–N with tert-alkyl or cyclic N) is 1. The minimum atomic E-state index is -0.429. The quantitative estimate of drug-likeness (QED) is 0.730. The van der Waals surface area contributed by atoms with Gasteiger partial charge in [0.2, 0.25) is 5.95 Å². The van der Waals surface area contributed by atoms with Crippen LogP contribution in [0.15, 0.2) is 24.5 Å². The lowest BCUT2D eigenvalue weighted by Gasteiger charge is -2.36. The molecule has 0 aromatic carbocycles. The Labute approximate surface area is 156 Å². The third-order valence-corrected chi connectivity index (χ3v) is 5.42. The molecular weight excluding hydrogens is 349 g/mol. The molecule has 2 aromatic rings. The number of halogens is 1. The van der Waals surface area contributed by atoms with E-state index in [1.54, 1.807) is 17.3 Å². The molecule has 8 nitrogen and oxygen atoms in total. The molecule has 3 saturated heterocycles. The molecule has 1 unspecified atom stereocenters. The van der Waals surface area contributed by atoms with Crippen molar-refractivity contribution >= 4 is 23.3 Å². The number of anilines is 4. The maximum absolute atomic E-state index is 14.3. The normalized spacial score (nSPS) is 24.8. The summed E-state index contributed by atoms with van der Waals surface area (Å²) in [5.74, 6) is 1.13. The molecule has 27 heavy (non-hydrogen) atoms. The first-order valence-corrected chi connectivity index (χ1v) is 9.34. The Morgan fingerprint density at radius 3 is 2.59 bits per heavy atom. The first-order chi connectivity index (χ1) is 13.1. The van der Waals surface area contributed by atoms with Crippen molar-refractivity contribution in [1.82, 2.24) is 20.3 Å². The molecule has 142 valence electrons. The Morgan fingerprint density at radius 1 is 1.11 bits per heavy atom. The third-order valence-electron chi connectivity index (χ3n) is 5.42. The van der Waals surface area contributed by atoms with E-state index in [0.29, 0.717) is 36.8 Å². The summed E-state index contributed by atoms with van der Waals surface area (Å²) in [6, 6.07) is 4.35. The SMILES string of the molecule is OC1CN(c2ncc(Nc3nccc(N4CC5CC[C@@H](C4)N5)n3)cc2F)C1. The summed E-state index contributed by atoms with van der Waals surface area (Å²) in [5.41, 5.74) is 0.495. The van der Waals surface area contributed by atoms with Crippen LogP contribution in [0.5, 0.6) is 0 Å². The first kappa shape index (κ1) is 16.6. The molecule has 2 atom stereocenters. The predicted octanol–water partition coefficient (Wildman–Crippen LogP) is 0.876. The number of piperazine rings is 1. The highest BCUT2D eigenvalue weighted by Gasteiger charge is 2.32. The lowest BCUT2D eigenvalue weighted by molar-refractivity contribution is 0.140. The number of nitrogens with zero attached hydrogens (tertiary/aromatic N) is 5. The van der Waals surface area contributed by atoms with Crippen LogP contribution < -0.4 is 20.4 Å². The number of hydrogen-bond acceptors (Lipinski definition) is 8. The van der Waals surface area contributed by atoms with Crippen molar-refractivity contribution in [3.63, 3.8) is 0 Å². The second kappa shape index (κ2) is 6.58. The summed E-state index contributed by atoms with van der Waals surface area (Å²) >= 11 is 0. The van der Waals surface area contributed by atoms with Crippen molar-refractivity contribution in [2.45, 2.75) is 31.0 Å². The number of nitrogens with one attached hydrogen (secondary N) is 2. The summed E-state index contributed by atoms with van der Waals surface area (Å²) in [7, 11) is 0. The second-order valence-electron chi connectivity index (χ2n) is 7.49. The lowest BCUT2D eigenvalue weighted by atomic mass is 10.1. The maximum atomic E-state index is 14.3. The van der Waals surface area contributed by atoms with E-state index in [-0.39, 0.29) is 5.82 Å². The van der Waals surface area contributed by atoms with Crippen molar-refractivity contribution < 1.29 is 9.50 Å². The molecule has 3 aliphatic rings. The summed E-state index contributed by atoms with van der Waals surface area (Å²) in [4.78, 5) is 17.0. The molecule has 0 amide bonds. The van der Waals surface area contributed by atoms with Crippen LogP contribution in [0.1, 0.15) is 12.8 Å². The van der Waals surface area contributed by atoms with Gasteiger partial charge in [0.25, 0.3) is 0 Å². The number of rotatable bonds is 4. The van der Waals surface area contributed by atoms with Gasteiger partial charge in [0.15, 0.2) is 11.6 Å². The summed E-state index contributed by atoms with van der Waals surface area (Å²) < 4.78 is 14.3. The number of hydrogen-bond donors (Lipinski definition) is 3. The van der Waals surface area contributed by atoms with E-state index in [1.807, 2.05) is 6.07 Å². The summed E-state index contributed by atoms with van der Waals surface area (Å²) in [5, 5.41) is 16.0. The Kier molecular flexibility index (Phi) is 4.05. The fourth-order valence-electron chi connectivity index (χ4n) is 4.06. The zero-order chi connectivity index (χ0) is 18.4. The van der Waals surface area contributed by atoms with Crippen molar-refractivity contribution in [2.75, 3.05) is 41.3 Å². The van der Waals surface area contributed by atoms with Crippen molar-refractivity contribution in [3.8, 4) is 0 Å². The minimum absolute atomic E-state index is 0.261. The molecule has 9 heteroatoms. The predicted molar refractivity (Wildman–Crippen MR) is 99.9 cm³/mol. The average Bonchev–Trinajstić information content (AvgIpc) is 2.98. The van der Waals surface area contributed by atoms with Gasteiger partial charge in [-0.1, -0.05) is 0 Å².